The number of alkyl halides is 6. The Morgan fingerprint density at radius 1 is 0.783 bits per heavy atom. The first-order valence-electron chi connectivity index (χ1n) is 6.16. The molecule has 2 aromatic carbocycles. The van der Waals surface area contributed by atoms with E-state index in [0.29, 0.717) is 12.1 Å². The largest absolute Gasteiger partial charge is 0.416 e. The van der Waals surface area contributed by atoms with Crippen LogP contribution in [0, 0.1) is 11.3 Å². The van der Waals surface area contributed by atoms with Crippen molar-refractivity contribution in [2.45, 2.75) is 12.4 Å². The maximum atomic E-state index is 12.8. The molecule has 0 atom stereocenters. The van der Waals surface area contributed by atoms with Gasteiger partial charge in [0.25, 0.3) is 0 Å². The average Bonchev–Trinajstić information content (AvgIpc) is 2.45. The van der Waals surface area contributed by atoms with Crippen LogP contribution in [0.1, 0.15) is 16.7 Å². The van der Waals surface area contributed by atoms with Crippen LogP contribution in [-0.2, 0) is 12.4 Å². The molecule has 0 amide bonds. The van der Waals surface area contributed by atoms with Crippen LogP contribution in [0.5, 0.6) is 0 Å². The Morgan fingerprint density at radius 3 is 1.83 bits per heavy atom. The van der Waals surface area contributed by atoms with Crippen LogP contribution in [-0.4, -0.2) is 0 Å². The Hall–Kier alpha value is -2.69. The zero-order valence-electron chi connectivity index (χ0n) is 11.3. The third-order valence-electron chi connectivity index (χ3n) is 2.87. The second-order valence-electron chi connectivity index (χ2n) is 4.61. The zero-order valence-corrected chi connectivity index (χ0v) is 11.3. The number of nitrogens with one attached hydrogen (secondary N) is 1. The van der Waals surface area contributed by atoms with E-state index in [9.17, 15) is 26.3 Å². The third-order valence-corrected chi connectivity index (χ3v) is 2.87. The van der Waals surface area contributed by atoms with E-state index in [4.69, 9.17) is 5.26 Å². The minimum absolute atomic E-state index is 0.0525. The molecule has 0 aromatic heterocycles. The molecule has 0 saturated heterocycles. The van der Waals surface area contributed by atoms with Gasteiger partial charge in [0, 0.05) is 11.4 Å². The van der Waals surface area contributed by atoms with Crippen molar-refractivity contribution in [1.29, 1.82) is 5.26 Å². The molecule has 0 fully saturated rings. The monoisotopic (exact) mass is 330 g/mol. The summed E-state index contributed by atoms with van der Waals surface area (Å²) in [6.07, 6.45) is -9.82. The van der Waals surface area contributed by atoms with Crippen LogP contribution >= 0.6 is 0 Å². The van der Waals surface area contributed by atoms with Gasteiger partial charge in [0.2, 0.25) is 0 Å². The lowest BCUT2D eigenvalue weighted by atomic mass is 10.1. The van der Waals surface area contributed by atoms with Crippen molar-refractivity contribution in [3.8, 4) is 6.07 Å². The topological polar surface area (TPSA) is 35.8 Å². The molecule has 23 heavy (non-hydrogen) atoms. The van der Waals surface area contributed by atoms with Crippen molar-refractivity contribution in [3.05, 3.63) is 59.2 Å². The van der Waals surface area contributed by atoms with E-state index >= 15 is 0 Å². The summed E-state index contributed by atoms with van der Waals surface area (Å²) in [5.41, 5.74) is -2.77. The highest BCUT2D eigenvalue weighted by Crippen LogP contribution is 2.38. The molecule has 0 saturated carbocycles. The number of hydrogen-bond donors (Lipinski definition) is 1. The van der Waals surface area contributed by atoms with Gasteiger partial charge in [-0.3, -0.25) is 0 Å². The van der Waals surface area contributed by atoms with E-state index in [-0.39, 0.29) is 23.0 Å². The Morgan fingerprint density at radius 2 is 1.35 bits per heavy atom. The van der Waals surface area contributed by atoms with E-state index in [2.05, 4.69) is 5.32 Å². The first kappa shape index (κ1) is 16.7. The molecule has 120 valence electrons. The van der Waals surface area contributed by atoms with Gasteiger partial charge >= 0.3 is 12.4 Å². The quantitative estimate of drug-likeness (QED) is 0.755. The van der Waals surface area contributed by atoms with E-state index < -0.39 is 23.5 Å². The standard InChI is InChI=1S/C15H8F6N2/c16-14(17,18)10-5-11(15(19,20)21)7-13(6-10)23-12-3-1-2-9(4-12)8-22/h1-7,23H. The molecule has 2 aromatic rings. The van der Waals surface area contributed by atoms with Crippen LogP contribution in [0.15, 0.2) is 42.5 Å². The van der Waals surface area contributed by atoms with Crippen molar-refractivity contribution in [3.63, 3.8) is 0 Å². The fourth-order valence-electron chi connectivity index (χ4n) is 1.86. The Bertz CT molecular complexity index is 724. The summed E-state index contributed by atoms with van der Waals surface area (Å²) in [6, 6.07) is 8.68. The first-order chi connectivity index (χ1) is 10.6. The number of rotatable bonds is 2. The van der Waals surface area contributed by atoms with Gasteiger partial charge in [-0.15, -0.1) is 0 Å². The number of anilines is 2. The molecule has 0 bridgehead atoms. The van der Waals surface area contributed by atoms with Gasteiger partial charge in [-0.1, -0.05) is 6.07 Å². The third kappa shape index (κ3) is 4.16. The second kappa shape index (κ2) is 5.83. The first-order valence-corrected chi connectivity index (χ1v) is 6.16. The zero-order chi connectivity index (χ0) is 17.3. The van der Waals surface area contributed by atoms with Crippen molar-refractivity contribution in [2.75, 3.05) is 5.32 Å². The number of nitrogens with zero attached hydrogens (tertiary/aromatic N) is 1. The van der Waals surface area contributed by atoms with Gasteiger partial charge in [0.1, 0.15) is 0 Å². The highest BCUT2D eigenvalue weighted by atomic mass is 19.4. The van der Waals surface area contributed by atoms with Gasteiger partial charge in [0.05, 0.1) is 22.8 Å². The molecule has 0 heterocycles. The van der Waals surface area contributed by atoms with Gasteiger partial charge in [0.15, 0.2) is 0 Å². The predicted molar refractivity (Wildman–Crippen MR) is 70.9 cm³/mol. The number of halogens is 6. The lowest BCUT2D eigenvalue weighted by Crippen LogP contribution is -2.11. The predicted octanol–water partition coefficient (Wildman–Crippen LogP) is 5.34. The number of nitriles is 1. The average molecular weight is 330 g/mol. The normalized spacial score (nSPS) is 11.9. The lowest BCUT2D eigenvalue weighted by Gasteiger charge is -2.15. The summed E-state index contributed by atoms with van der Waals surface area (Å²) < 4.78 is 76.5. The molecule has 0 aliphatic heterocycles. The van der Waals surface area contributed by atoms with Crippen molar-refractivity contribution < 1.29 is 26.3 Å². The molecule has 0 radical (unpaired) electrons. The highest BCUT2D eigenvalue weighted by molar-refractivity contribution is 5.63. The summed E-state index contributed by atoms with van der Waals surface area (Å²) in [7, 11) is 0. The Balaban J connectivity index is 2.47. The van der Waals surface area contributed by atoms with Gasteiger partial charge in [-0.25, -0.2) is 0 Å². The highest BCUT2D eigenvalue weighted by Gasteiger charge is 2.36. The number of benzene rings is 2. The molecule has 2 rings (SSSR count). The fraction of sp³-hybridized carbons (Fsp3) is 0.133. The molecule has 0 aliphatic carbocycles. The van der Waals surface area contributed by atoms with E-state index in [1.165, 1.54) is 24.3 Å². The van der Waals surface area contributed by atoms with E-state index in [1.54, 1.807) is 0 Å². The van der Waals surface area contributed by atoms with Crippen LogP contribution in [0.2, 0.25) is 0 Å². The molecule has 2 nitrogen and oxygen atoms in total. The number of hydrogen-bond acceptors (Lipinski definition) is 2. The van der Waals surface area contributed by atoms with Crippen molar-refractivity contribution in [2.24, 2.45) is 0 Å². The van der Waals surface area contributed by atoms with Crippen LogP contribution in [0.3, 0.4) is 0 Å². The summed E-state index contributed by atoms with van der Waals surface area (Å²) in [4.78, 5) is 0. The summed E-state index contributed by atoms with van der Waals surface area (Å²) in [5, 5.41) is 11.2. The van der Waals surface area contributed by atoms with Gasteiger partial charge in [-0.2, -0.15) is 31.6 Å². The Labute approximate surface area is 127 Å². The van der Waals surface area contributed by atoms with E-state index in [1.807, 2.05) is 6.07 Å². The lowest BCUT2D eigenvalue weighted by molar-refractivity contribution is -0.143. The summed E-state index contributed by atoms with van der Waals surface area (Å²) >= 11 is 0. The van der Waals surface area contributed by atoms with Gasteiger partial charge < -0.3 is 5.32 Å². The summed E-state index contributed by atoms with van der Waals surface area (Å²) in [6.45, 7) is 0. The second-order valence-corrected chi connectivity index (χ2v) is 4.61. The van der Waals surface area contributed by atoms with E-state index in [0.717, 1.165) is 0 Å². The molecule has 0 unspecified atom stereocenters. The Kier molecular flexibility index (Phi) is 4.23. The molecule has 0 aliphatic rings. The minimum atomic E-state index is -4.91. The van der Waals surface area contributed by atoms with Crippen LogP contribution in [0.25, 0.3) is 0 Å². The van der Waals surface area contributed by atoms with Crippen molar-refractivity contribution >= 4 is 11.4 Å². The van der Waals surface area contributed by atoms with Gasteiger partial charge in [-0.05, 0) is 36.4 Å². The van der Waals surface area contributed by atoms with Crippen molar-refractivity contribution in [1.82, 2.24) is 0 Å². The van der Waals surface area contributed by atoms with Crippen LogP contribution in [0.4, 0.5) is 37.7 Å². The SMILES string of the molecule is N#Cc1cccc(Nc2cc(C(F)(F)F)cc(C(F)(F)F)c2)c1. The maximum absolute atomic E-state index is 12.8. The summed E-state index contributed by atoms with van der Waals surface area (Å²) in [5.74, 6) is 0. The molecule has 8 heteroatoms. The smallest absolute Gasteiger partial charge is 0.355 e. The molecule has 1 N–H and O–H groups in total. The fourth-order valence-corrected chi connectivity index (χ4v) is 1.86. The molecular formula is C15H8F6N2. The maximum Gasteiger partial charge on any atom is 0.416 e. The van der Waals surface area contributed by atoms with Crippen LogP contribution < -0.4 is 5.32 Å². The molecule has 0 spiro atoms. The molecular weight excluding hydrogens is 322 g/mol. The minimum Gasteiger partial charge on any atom is -0.355 e.